The van der Waals surface area contributed by atoms with Crippen molar-refractivity contribution >= 4 is 37.3 Å². The molecule has 1 aliphatic rings. The number of hydrogen-bond donors (Lipinski definition) is 1. The third kappa shape index (κ3) is 6.81. The van der Waals surface area contributed by atoms with Gasteiger partial charge in [-0.1, -0.05) is 12.1 Å². The average Bonchev–Trinajstić information content (AvgIpc) is 2.96. The Hall–Kier alpha value is -3.65. The van der Waals surface area contributed by atoms with Crippen LogP contribution >= 0.6 is 0 Å². The maximum Gasteiger partial charge on any atom is 0.268 e. The molecule has 3 aromatic carbocycles. The van der Waals surface area contributed by atoms with Crippen LogP contribution in [0.4, 0.5) is 11.4 Å². The highest BCUT2D eigenvalue weighted by molar-refractivity contribution is 7.93. The second-order valence-corrected chi connectivity index (χ2v) is 13.4. The van der Waals surface area contributed by atoms with Crippen molar-refractivity contribution in [3.63, 3.8) is 0 Å². The molecule has 1 fully saturated rings. The Morgan fingerprint density at radius 3 is 2.22 bits per heavy atom. The first kappa shape index (κ1) is 30.3. The van der Waals surface area contributed by atoms with Gasteiger partial charge in [0.15, 0.2) is 0 Å². The lowest BCUT2D eigenvalue weighted by atomic mass is 10.2. The Kier molecular flexibility index (Phi) is 9.22. The van der Waals surface area contributed by atoms with Gasteiger partial charge in [-0.2, -0.15) is 4.31 Å². The molecule has 0 aromatic heterocycles. The molecule has 1 amide bonds. The maximum absolute atomic E-state index is 13.9. The summed E-state index contributed by atoms with van der Waals surface area (Å²) in [6, 6.07) is 17.0. The largest absolute Gasteiger partial charge is 0.497 e. The molecule has 0 aliphatic carbocycles. The fraction of sp³-hybridized carbons (Fsp3) is 0.321. The summed E-state index contributed by atoms with van der Waals surface area (Å²) in [5.41, 5.74) is 1.24. The van der Waals surface area contributed by atoms with Crippen LogP contribution in [-0.2, 0) is 24.8 Å². The first-order valence-corrected chi connectivity index (χ1v) is 15.7. The summed E-state index contributed by atoms with van der Waals surface area (Å²) in [7, 11) is -3.16. The third-order valence-electron chi connectivity index (χ3n) is 6.75. The molecular weight excluding hydrogens is 568 g/mol. The second-order valence-electron chi connectivity index (χ2n) is 9.65. The molecule has 0 atom stereocenters. The topological polar surface area (TPSA) is 126 Å². The number of anilines is 2. The first-order chi connectivity index (χ1) is 19.4. The van der Waals surface area contributed by atoms with Gasteiger partial charge in [0.25, 0.3) is 10.0 Å². The van der Waals surface area contributed by atoms with Crippen LogP contribution in [0.25, 0.3) is 0 Å². The van der Waals surface area contributed by atoms with Gasteiger partial charge in [-0.3, -0.25) is 9.10 Å². The molecule has 1 saturated heterocycles. The van der Waals surface area contributed by atoms with E-state index in [1.807, 2.05) is 7.05 Å². The number of amides is 1. The third-order valence-corrected chi connectivity index (χ3v) is 10.5. The number of carbonyl (C=O) groups excluding carboxylic acids is 1. The molecule has 1 aliphatic heterocycles. The highest BCUT2D eigenvalue weighted by Gasteiger charge is 2.31. The summed E-state index contributed by atoms with van der Waals surface area (Å²) in [5, 5.41) is 2.68. The summed E-state index contributed by atoms with van der Waals surface area (Å²) in [6.45, 7) is 3.29. The SMILES string of the molecule is COc1cccc(N(CC(=O)Nc2ccc(S(=O)(=O)N3CCN(C)CC3)cc2)S(=O)(=O)c2cc(C)ccc2OC)c1. The van der Waals surface area contributed by atoms with Crippen LogP contribution < -0.4 is 19.1 Å². The van der Waals surface area contributed by atoms with Gasteiger partial charge >= 0.3 is 0 Å². The number of methoxy groups -OCH3 is 2. The zero-order valence-corrected chi connectivity index (χ0v) is 25.0. The zero-order valence-electron chi connectivity index (χ0n) is 23.4. The van der Waals surface area contributed by atoms with Crippen molar-refractivity contribution in [2.45, 2.75) is 16.7 Å². The summed E-state index contributed by atoms with van der Waals surface area (Å²) in [4.78, 5) is 15.3. The predicted octanol–water partition coefficient (Wildman–Crippen LogP) is 2.78. The van der Waals surface area contributed by atoms with Crippen molar-refractivity contribution < 1.29 is 31.1 Å². The maximum atomic E-state index is 13.9. The van der Waals surface area contributed by atoms with Gasteiger partial charge < -0.3 is 19.7 Å². The molecule has 0 saturated carbocycles. The molecule has 0 bridgehead atoms. The van der Waals surface area contributed by atoms with Gasteiger partial charge in [-0.15, -0.1) is 0 Å². The molecule has 13 heteroatoms. The summed E-state index contributed by atoms with van der Waals surface area (Å²) in [5.74, 6) is -0.0739. The lowest BCUT2D eigenvalue weighted by Gasteiger charge is -2.31. The van der Waals surface area contributed by atoms with Crippen molar-refractivity contribution in [2.24, 2.45) is 0 Å². The Bertz CT molecular complexity index is 1600. The Morgan fingerprint density at radius 2 is 1.59 bits per heavy atom. The zero-order chi connectivity index (χ0) is 29.8. The van der Waals surface area contributed by atoms with E-state index in [0.29, 0.717) is 43.2 Å². The first-order valence-electron chi connectivity index (χ1n) is 12.9. The number of piperazine rings is 1. The lowest BCUT2D eigenvalue weighted by Crippen LogP contribution is -2.46. The van der Waals surface area contributed by atoms with Crippen LogP contribution in [0, 0.1) is 6.92 Å². The molecule has 0 radical (unpaired) electrons. The van der Waals surface area contributed by atoms with Crippen molar-refractivity contribution in [1.82, 2.24) is 9.21 Å². The fourth-order valence-electron chi connectivity index (χ4n) is 4.40. The van der Waals surface area contributed by atoms with E-state index in [-0.39, 0.29) is 21.2 Å². The van der Waals surface area contributed by atoms with Crippen molar-refractivity contribution in [3.05, 3.63) is 72.3 Å². The standard InChI is InChI=1S/C28H34N4O7S2/c1-21-8-13-26(39-4)27(18-21)41(36,37)32(23-6-5-7-24(19-23)38-3)20-28(33)29-22-9-11-25(12-10-22)40(34,35)31-16-14-30(2)15-17-31/h5-13,18-19H,14-17,20H2,1-4H3,(H,29,33). The van der Waals surface area contributed by atoms with Crippen molar-refractivity contribution in [2.75, 3.05) is 63.6 Å². The summed E-state index contributed by atoms with van der Waals surface area (Å²) < 4.78 is 66.9. The number of aryl methyl sites for hydroxylation is 1. The van der Waals surface area contributed by atoms with E-state index in [0.717, 1.165) is 4.31 Å². The van der Waals surface area contributed by atoms with Crippen LogP contribution in [0.5, 0.6) is 11.5 Å². The van der Waals surface area contributed by atoms with E-state index in [4.69, 9.17) is 9.47 Å². The number of likely N-dealkylation sites (N-methyl/N-ethyl adjacent to an activating group) is 1. The van der Waals surface area contributed by atoms with E-state index in [1.54, 1.807) is 37.3 Å². The van der Waals surface area contributed by atoms with E-state index < -0.39 is 32.5 Å². The van der Waals surface area contributed by atoms with Crippen LogP contribution in [0.15, 0.2) is 76.5 Å². The van der Waals surface area contributed by atoms with Gasteiger partial charge in [0.2, 0.25) is 15.9 Å². The molecule has 220 valence electrons. The molecule has 4 rings (SSSR count). The van der Waals surface area contributed by atoms with Gasteiger partial charge in [0.05, 0.1) is 24.8 Å². The molecule has 0 spiro atoms. The molecule has 1 N–H and O–H groups in total. The average molecular weight is 603 g/mol. The minimum Gasteiger partial charge on any atom is -0.497 e. The minimum atomic E-state index is -4.27. The Balaban J connectivity index is 1.59. The van der Waals surface area contributed by atoms with E-state index in [1.165, 1.54) is 54.9 Å². The minimum absolute atomic E-state index is 0.0888. The number of carbonyl (C=O) groups is 1. The van der Waals surface area contributed by atoms with Crippen LogP contribution in [0.2, 0.25) is 0 Å². The Labute approximate surface area is 241 Å². The molecule has 0 unspecified atom stereocenters. The highest BCUT2D eigenvalue weighted by Crippen LogP contribution is 2.32. The van der Waals surface area contributed by atoms with Crippen molar-refractivity contribution in [1.29, 1.82) is 0 Å². The molecule has 11 nitrogen and oxygen atoms in total. The monoisotopic (exact) mass is 602 g/mol. The normalized spacial score (nSPS) is 14.8. The molecule has 3 aromatic rings. The van der Waals surface area contributed by atoms with Crippen molar-refractivity contribution in [3.8, 4) is 11.5 Å². The number of benzene rings is 3. The quantitative estimate of drug-likeness (QED) is 0.376. The highest BCUT2D eigenvalue weighted by atomic mass is 32.2. The van der Waals surface area contributed by atoms with Gasteiger partial charge in [-0.25, -0.2) is 16.8 Å². The van der Waals surface area contributed by atoms with Crippen LogP contribution in [0.3, 0.4) is 0 Å². The van der Waals surface area contributed by atoms with Gasteiger partial charge in [0.1, 0.15) is 22.9 Å². The molecule has 1 heterocycles. The number of hydrogen-bond acceptors (Lipinski definition) is 8. The smallest absolute Gasteiger partial charge is 0.268 e. The van der Waals surface area contributed by atoms with E-state index in [9.17, 15) is 21.6 Å². The van der Waals surface area contributed by atoms with E-state index >= 15 is 0 Å². The number of sulfonamides is 2. The van der Waals surface area contributed by atoms with Crippen LogP contribution in [0.1, 0.15) is 5.56 Å². The summed E-state index contributed by atoms with van der Waals surface area (Å²) >= 11 is 0. The lowest BCUT2D eigenvalue weighted by molar-refractivity contribution is -0.114. The second kappa shape index (κ2) is 12.5. The number of nitrogens with one attached hydrogen (secondary N) is 1. The fourth-order valence-corrected chi connectivity index (χ4v) is 7.48. The van der Waals surface area contributed by atoms with Gasteiger partial charge in [-0.05, 0) is 68.1 Å². The summed E-state index contributed by atoms with van der Waals surface area (Å²) in [6.07, 6.45) is 0. The number of ether oxygens (including phenoxy) is 2. The Morgan fingerprint density at radius 1 is 0.902 bits per heavy atom. The number of nitrogens with zero attached hydrogens (tertiary/aromatic N) is 3. The number of rotatable bonds is 10. The van der Waals surface area contributed by atoms with Gasteiger partial charge in [0, 0.05) is 37.9 Å². The molecular formula is C28H34N4O7S2. The predicted molar refractivity (Wildman–Crippen MR) is 157 cm³/mol. The molecule has 41 heavy (non-hydrogen) atoms. The van der Waals surface area contributed by atoms with E-state index in [2.05, 4.69) is 10.2 Å². The van der Waals surface area contributed by atoms with Crippen LogP contribution in [-0.4, -0.2) is 85.9 Å².